The van der Waals surface area contributed by atoms with Crippen LogP contribution in [0.1, 0.15) is 30.6 Å². The summed E-state index contributed by atoms with van der Waals surface area (Å²) < 4.78 is 0. The van der Waals surface area contributed by atoms with Gasteiger partial charge in [-0.3, -0.25) is 14.5 Å². The smallest absolute Gasteiger partial charge is 0.243 e. The Morgan fingerprint density at radius 1 is 1.28 bits per heavy atom. The number of rotatable bonds is 5. The molecule has 1 unspecified atom stereocenters. The number of carbonyl (C=O) groups excluding carboxylic acids is 2. The van der Waals surface area contributed by atoms with Gasteiger partial charge >= 0.3 is 0 Å². The highest BCUT2D eigenvalue weighted by molar-refractivity contribution is 7.19. The van der Waals surface area contributed by atoms with Gasteiger partial charge in [-0.05, 0) is 30.7 Å². The van der Waals surface area contributed by atoms with E-state index in [1.54, 1.807) is 16.2 Å². The van der Waals surface area contributed by atoms with Crippen LogP contribution in [-0.2, 0) is 16.1 Å². The Labute approximate surface area is 153 Å². The van der Waals surface area contributed by atoms with Gasteiger partial charge in [-0.1, -0.05) is 17.4 Å². The summed E-state index contributed by atoms with van der Waals surface area (Å²) >= 11 is 3.04. The van der Waals surface area contributed by atoms with Gasteiger partial charge in [0, 0.05) is 24.4 Å². The number of amides is 2. The zero-order valence-electron chi connectivity index (χ0n) is 13.7. The van der Waals surface area contributed by atoms with Crippen molar-refractivity contribution in [3.8, 4) is 0 Å². The minimum absolute atomic E-state index is 0.0277. The van der Waals surface area contributed by atoms with E-state index in [-0.39, 0.29) is 17.9 Å². The molecule has 25 heavy (non-hydrogen) atoms. The van der Waals surface area contributed by atoms with Crippen molar-refractivity contribution >= 4 is 44.8 Å². The number of nitrogens with zero attached hydrogens (tertiary/aromatic N) is 4. The third-order valence-electron chi connectivity index (χ3n) is 4.53. The van der Waals surface area contributed by atoms with Crippen LogP contribution in [0.25, 0.3) is 0 Å². The Morgan fingerprint density at radius 3 is 2.92 bits per heavy atom. The van der Waals surface area contributed by atoms with Crippen LogP contribution >= 0.6 is 22.7 Å². The molecule has 2 saturated heterocycles. The topological polar surface area (TPSA) is 78.4 Å². The fourth-order valence-electron chi connectivity index (χ4n) is 3.26. The summed E-state index contributed by atoms with van der Waals surface area (Å²) in [6.07, 6.45) is 3.21. The third-order valence-corrected chi connectivity index (χ3v) is 6.39. The summed E-state index contributed by atoms with van der Waals surface area (Å²) in [5.41, 5.74) is 0. The van der Waals surface area contributed by atoms with Gasteiger partial charge in [-0.15, -0.1) is 21.5 Å². The Morgan fingerprint density at radius 2 is 2.16 bits per heavy atom. The predicted molar refractivity (Wildman–Crippen MR) is 98.0 cm³/mol. The van der Waals surface area contributed by atoms with Crippen molar-refractivity contribution in [2.45, 2.75) is 38.3 Å². The van der Waals surface area contributed by atoms with Gasteiger partial charge in [0.05, 0.1) is 6.54 Å². The maximum Gasteiger partial charge on any atom is 0.243 e. The molecule has 2 aromatic rings. The average molecular weight is 377 g/mol. The molecule has 0 aromatic carbocycles. The largest absolute Gasteiger partial charge is 0.349 e. The van der Waals surface area contributed by atoms with Crippen molar-refractivity contribution in [3.63, 3.8) is 0 Å². The maximum atomic E-state index is 12.6. The number of thiophene rings is 1. The molecule has 0 bridgehead atoms. The maximum absolute atomic E-state index is 12.6. The molecule has 7 nitrogen and oxygen atoms in total. The number of hydrogen-bond acceptors (Lipinski definition) is 7. The number of carbonyl (C=O) groups is 2. The molecule has 1 atom stereocenters. The molecular formula is C16H19N5O2S2. The Hall–Kier alpha value is -2.00. The van der Waals surface area contributed by atoms with Crippen LogP contribution < -0.4 is 15.1 Å². The molecule has 2 aliphatic heterocycles. The summed E-state index contributed by atoms with van der Waals surface area (Å²) in [7, 11) is 0. The molecule has 2 amide bonds. The van der Waals surface area contributed by atoms with Crippen LogP contribution in [-0.4, -0.2) is 41.1 Å². The highest BCUT2D eigenvalue weighted by atomic mass is 32.1. The van der Waals surface area contributed by atoms with E-state index < -0.39 is 0 Å². The molecule has 0 spiro atoms. The average Bonchev–Trinajstić information content (AvgIpc) is 3.37. The first-order chi connectivity index (χ1) is 12.2. The van der Waals surface area contributed by atoms with Crippen LogP contribution in [0.4, 0.5) is 10.3 Å². The van der Waals surface area contributed by atoms with Crippen LogP contribution in [0.5, 0.6) is 0 Å². The molecular weight excluding hydrogens is 358 g/mol. The Bertz CT molecular complexity index is 760. The minimum atomic E-state index is -0.213. The molecule has 0 aliphatic carbocycles. The molecule has 0 saturated carbocycles. The van der Waals surface area contributed by atoms with Crippen molar-refractivity contribution in [2.24, 2.45) is 0 Å². The van der Waals surface area contributed by atoms with E-state index >= 15 is 0 Å². The second-order valence-electron chi connectivity index (χ2n) is 6.16. The van der Waals surface area contributed by atoms with Crippen molar-refractivity contribution in [2.75, 3.05) is 22.9 Å². The lowest BCUT2D eigenvalue weighted by molar-refractivity contribution is -0.122. The van der Waals surface area contributed by atoms with E-state index in [4.69, 9.17) is 0 Å². The summed E-state index contributed by atoms with van der Waals surface area (Å²) in [6, 6.07) is 3.78. The lowest BCUT2D eigenvalue weighted by Crippen LogP contribution is -2.43. The van der Waals surface area contributed by atoms with Crippen molar-refractivity contribution in [3.05, 3.63) is 22.4 Å². The van der Waals surface area contributed by atoms with Gasteiger partial charge in [-0.2, -0.15) is 0 Å². The molecule has 4 rings (SSSR count). The zero-order chi connectivity index (χ0) is 17.2. The number of aromatic nitrogens is 2. The summed E-state index contributed by atoms with van der Waals surface area (Å²) in [5, 5.41) is 14.8. The Kier molecular flexibility index (Phi) is 4.67. The van der Waals surface area contributed by atoms with E-state index in [2.05, 4.69) is 15.5 Å². The van der Waals surface area contributed by atoms with E-state index in [0.717, 1.165) is 35.8 Å². The second kappa shape index (κ2) is 7.09. The lowest BCUT2D eigenvalue weighted by atomic mass is 10.2. The quantitative estimate of drug-likeness (QED) is 0.862. The fourth-order valence-corrected chi connectivity index (χ4v) is 4.87. The van der Waals surface area contributed by atoms with Crippen LogP contribution in [0, 0.1) is 0 Å². The summed E-state index contributed by atoms with van der Waals surface area (Å²) in [5.74, 6) is 0.134. The van der Waals surface area contributed by atoms with Crippen molar-refractivity contribution in [1.29, 1.82) is 0 Å². The first-order valence-electron chi connectivity index (χ1n) is 8.43. The van der Waals surface area contributed by atoms with Crippen LogP contribution in [0.2, 0.25) is 0 Å². The van der Waals surface area contributed by atoms with Crippen molar-refractivity contribution in [1.82, 2.24) is 15.5 Å². The van der Waals surface area contributed by atoms with E-state index in [1.165, 1.54) is 11.3 Å². The summed E-state index contributed by atoms with van der Waals surface area (Å²) in [6.45, 7) is 2.06. The molecule has 9 heteroatoms. The lowest BCUT2D eigenvalue weighted by Gasteiger charge is -2.22. The molecule has 132 valence electrons. The van der Waals surface area contributed by atoms with Crippen LogP contribution in [0.3, 0.4) is 0 Å². The normalized spacial score (nSPS) is 20.5. The molecule has 2 aromatic heterocycles. The highest BCUT2D eigenvalue weighted by Crippen LogP contribution is 2.33. The fraction of sp³-hybridized carbons (Fsp3) is 0.500. The minimum Gasteiger partial charge on any atom is -0.349 e. The van der Waals surface area contributed by atoms with Gasteiger partial charge in [0.1, 0.15) is 6.04 Å². The SMILES string of the molecule is O=C(NCc1cccs1)C1CCCN1c1nnc(N2CCCC2=O)s1. The number of nitrogens with one attached hydrogen (secondary N) is 1. The predicted octanol–water partition coefficient (Wildman–Crippen LogP) is 2.01. The second-order valence-corrected chi connectivity index (χ2v) is 8.13. The zero-order valence-corrected chi connectivity index (χ0v) is 15.3. The Balaban J connectivity index is 1.43. The first kappa shape index (κ1) is 16.5. The molecule has 2 fully saturated rings. The highest BCUT2D eigenvalue weighted by Gasteiger charge is 2.34. The van der Waals surface area contributed by atoms with Gasteiger partial charge in [0.25, 0.3) is 0 Å². The van der Waals surface area contributed by atoms with Gasteiger partial charge in [0.2, 0.25) is 22.1 Å². The molecule has 1 N–H and O–H groups in total. The molecule has 0 radical (unpaired) electrons. The van der Waals surface area contributed by atoms with Gasteiger partial charge in [-0.25, -0.2) is 0 Å². The third kappa shape index (κ3) is 3.38. The number of hydrogen-bond donors (Lipinski definition) is 1. The first-order valence-corrected chi connectivity index (χ1v) is 10.1. The number of anilines is 2. The molecule has 4 heterocycles. The monoisotopic (exact) mass is 377 g/mol. The molecule has 2 aliphatic rings. The van der Waals surface area contributed by atoms with Gasteiger partial charge in [0.15, 0.2) is 0 Å². The van der Waals surface area contributed by atoms with Crippen LogP contribution in [0.15, 0.2) is 17.5 Å². The summed E-state index contributed by atoms with van der Waals surface area (Å²) in [4.78, 5) is 29.3. The van der Waals surface area contributed by atoms with E-state index in [9.17, 15) is 9.59 Å². The van der Waals surface area contributed by atoms with Crippen molar-refractivity contribution < 1.29 is 9.59 Å². The standard InChI is InChI=1S/C16H19N5O2S2/c22-13-6-2-8-21(13)16-19-18-15(25-16)20-7-1-5-12(20)14(23)17-10-11-4-3-9-24-11/h3-4,9,12H,1-2,5-8,10H2,(H,17,23). The van der Waals surface area contributed by atoms with E-state index in [1.807, 2.05) is 22.4 Å². The van der Waals surface area contributed by atoms with E-state index in [0.29, 0.717) is 24.6 Å². The van der Waals surface area contributed by atoms with Gasteiger partial charge < -0.3 is 10.2 Å².